The van der Waals surface area contributed by atoms with Crippen LogP contribution in [0.2, 0.25) is 0 Å². The zero-order valence-electron chi connectivity index (χ0n) is 17.3. The summed E-state index contributed by atoms with van der Waals surface area (Å²) in [7, 11) is 0. The molecule has 0 aromatic carbocycles. The topological polar surface area (TPSA) is 59.1 Å². The fraction of sp³-hybridized carbons (Fsp3) is 0.818. The Hall–Kier alpha value is -1.56. The molecule has 0 aromatic heterocycles. The second-order valence-corrected chi connectivity index (χ2v) is 9.39. The Morgan fingerprint density at radius 3 is 2.79 bits per heavy atom. The molecular formula is C22H34N2O4. The lowest BCUT2D eigenvalue weighted by atomic mass is 9.55. The molecule has 4 fully saturated rings. The average molecular weight is 391 g/mol. The van der Waals surface area contributed by atoms with Crippen LogP contribution in [0.1, 0.15) is 46.0 Å². The van der Waals surface area contributed by atoms with Crippen molar-refractivity contribution in [2.24, 2.45) is 23.2 Å². The van der Waals surface area contributed by atoms with Crippen molar-refractivity contribution in [1.82, 2.24) is 9.80 Å². The van der Waals surface area contributed by atoms with Gasteiger partial charge >= 0.3 is 12.1 Å². The van der Waals surface area contributed by atoms with Gasteiger partial charge in [0, 0.05) is 38.6 Å². The normalized spacial score (nSPS) is 38.6. The van der Waals surface area contributed by atoms with Crippen LogP contribution < -0.4 is 0 Å². The Morgan fingerprint density at radius 1 is 1.32 bits per heavy atom. The molecule has 0 radical (unpaired) electrons. The van der Waals surface area contributed by atoms with E-state index in [4.69, 9.17) is 9.47 Å². The highest BCUT2D eigenvalue weighted by atomic mass is 16.6. The molecule has 2 aliphatic carbocycles. The summed E-state index contributed by atoms with van der Waals surface area (Å²) in [4.78, 5) is 28.7. The third-order valence-corrected chi connectivity index (χ3v) is 7.67. The van der Waals surface area contributed by atoms with Gasteiger partial charge in [-0.2, -0.15) is 0 Å². The van der Waals surface area contributed by atoms with Crippen molar-refractivity contribution in [3.05, 3.63) is 12.2 Å². The van der Waals surface area contributed by atoms with Crippen molar-refractivity contribution >= 4 is 12.1 Å². The lowest BCUT2D eigenvalue weighted by Gasteiger charge is -2.50. The quantitative estimate of drug-likeness (QED) is 0.547. The van der Waals surface area contributed by atoms with Crippen LogP contribution in [0.3, 0.4) is 0 Å². The molecule has 6 nitrogen and oxygen atoms in total. The highest BCUT2D eigenvalue weighted by Crippen LogP contribution is 2.56. The van der Waals surface area contributed by atoms with Crippen molar-refractivity contribution in [2.75, 3.05) is 39.3 Å². The molecule has 2 saturated carbocycles. The Balaban J connectivity index is 1.38. The van der Waals surface area contributed by atoms with Crippen LogP contribution in [0, 0.1) is 23.2 Å². The van der Waals surface area contributed by atoms with Crippen molar-refractivity contribution in [1.29, 1.82) is 0 Å². The lowest BCUT2D eigenvalue weighted by molar-refractivity contribution is -0.146. The van der Waals surface area contributed by atoms with E-state index in [2.05, 4.69) is 18.4 Å². The van der Waals surface area contributed by atoms with Gasteiger partial charge in [-0.15, -0.1) is 0 Å². The van der Waals surface area contributed by atoms with Crippen LogP contribution in [0.5, 0.6) is 0 Å². The first-order valence-corrected chi connectivity index (χ1v) is 10.9. The predicted molar refractivity (Wildman–Crippen MR) is 106 cm³/mol. The third-order valence-electron chi connectivity index (χ3n) is 7.67. The molecule has 2 aliphatic heterocycles. The van der Waals surface area contributed by atoms with Gasteiger partial charge in [0.1, 0.15) is 6.10 Å². The smallest absolute Gasteiger partial charge is 0.409 e. The molecule has 4 aliphatic rings. The van der Waals surface area contributed by atoms with E-state index >= 15 is 0 Å². The minimum absolute atomic E-state index is 0.0179. The summed E-state index contributed by atoms with van der Waals surface area (Å²) in [6.45, 7) is 12.6. The van der Waals surface area contributed by atoms with Crippen molar-refractivity contribution < 1.29 is 19.1 Å². The fourth-order valence-electron chi connectivity index (χ4n) is 6.07. The number of hydrogen-bond acceptors (Lipinski definition) is 5. The summed E-state index contributed by atoms with van der Waals surface area (Å²) in [6.07, 6.45) is 5.44. The largest absolute Gasteiger partial charge is 0.462 e. The summed E-state index contributed by atoms with van der Waals surface area (Å²) in [6, 6.07) is 0. The third kappa shape index (κ3) is 3.56. The summed E-state index contributed by atoms with van der Waals surface area (Å²) in [5.41, 5.74) is 1.63. The van der Waals surface area contributed by atoms with E-state index in [9.17, 15) is 9.59 Å². The van der Waals surface area contributed by atoms with Gasteiger partial charge in [-0.25, -0.2) is 4.79 Å². The van der Waals surface area contributed by atoms with Crippen molar-refractivity contribution in [3.8, 4) is 0 Å². The number of amides is 1. The van der Waals surface area contributed by atoms with Gasteiger partial charge in [-0.1, -0.05) is 19.1 Å². The van der Waals surface area contributed by atoms with Crippen LogP contribution in [-0.4, -0.2) is 67.3 Å². The summed E-state index contributed by atoms with van der Waals surface area (Å²) >= 11 is 0. The molecule has 1 amide bonds. The first-order chi connectivity index (χ1) is 13.4. The van der Waals surface area contributed by atoms with E-state index in [1.165, 1.54) is 18.4 Å². The average Bonchev–Trinajstić information content (AvgIpc) is 2.95. The number of allylic oxidation sites excluding steroid dienone is 1. The summed E-state index contributed by atoms with van der Waals surface area (Å²) < 4.78 is 11.0. The number of carbonyl (C=O) groups is 2. The van der Waals surface area contributed by atoms with Gasteiger partial charge in [-0.3, -0.25) is 9.69 Å². The first-order valence-electron chi connectivity index (χ1n) is 10.9. The van der Waals surface area contributed by atoms with Crippen LogP contribution in [-0.2, 0) is 14.3 Å². The highest BCUT2D eigenvalue weighted by Gasteiger charge is 2.55. The second kappa shape index (κ2) is 7.69. The molecule has 4 rings (SSSR count). The van der Waals surface area contributed by atoms with E-state index in [1.807, 2.05) is 6.92 Å². The number of piperazine rings is 1. The molecule has 0 aromatic rings. The SMILES string of the molecule is C=C1CCC[C@]2(C)C[C@H]3OC(=O)C(CN4CCN(C(=O)OCC)CC4)[C@H]3C[C@@H]12. The molecule has 156 valence electrons. The number of ether oxygens (including phenoxy) is 2. The maximum atomic E-state index is 12.7. The van der Waals surface area contributed by atoms with E-state index in [0.717, 1.165) is 38.9 Å². The molecule has 0 bridgehead atoms. The fourth-order valence-corrected chi connectivity index (χ4v) is 6.07. The Bertz CT molecular complexity index is 642. The molecule has 5 atom stereocenters. The first kappa shape index (κ1) is 19.7. The van der Waals surface area contributed by atoms with E-state index in [1.54, 1.807) is 4.90 Å². The van der Waals surface area contributed by atoms with Gasteiger partial charge in [-0.05, 0) is 50.4 Å². The zero-order valence-corrected chi connectivity index (χ0v) is 17.3. The van der Waals surface area contributed by atoms with E-state index in [0.29, 0.717) is 31.5 Å². The van der Waals surface area contributed by atoms with E-state index in [-0.39, 0.29) is 29.5 Å². The molecule has 2 heterocycles. The number of fused-ring (bicyclic) bond motifs is 2. The number of rotatable bonds is 3. The number of esters is 1. The predicted octanol–water partition coefficient (Wildman–Crippen LogP) is 3.07. The number of hydrogen-bond donors (Lipinski definition) is 0. The summed E-state index contributed by atoms with van der Waals surface area (Å²) in [5.74, 6) is 0.776. The molecule has 28 heavy (non-hydrogen) atoms. The maximum absolute atomic E-state index is 12.7. The van der Waals surface area contributed by atoms with Gasteiger partial charge in [0.15, 0.2) is 0 Å². The van der Waals surface area contributed by atoms with Crippen molar-refractivity contribution in [3.63, 3.8) is 0 Å². The Labute approximate surface area is 168 Å². The molecule has 1 unspecified atom stereocenters. The Kier molecular flexibility index (Phi) is 5.43. The molecule has 0 N–H and O–H groups in total. The minimum atomic E-state index is -0.232. The van der Waals surface area contributed by atoms with E-state index < -0.39 is 0 Å². The Morgan fingerprint density at radius 2 is 2.07 bits per heavy atom. The van der Waals surface area contributed by atoms with Crippen LogP contribution in [0.15, 0.2) is 12.2 Å². The molecule has 0 spiro atoms. The maximum Gasteiger partial charge on any atom is 0.409 e. The second-order valence-electron chi connectivity index (χ2n) is 9.39. The van der Waals surface area contributed by atoms with Gasteiger partial charge < -0.3 is 14.4 Å². The minimum Gasteiger partial charge on any atom is -0.462 e. The molecule has 6 heteroatoms. The number of carbonyl (C=O) groups excluding carboxylic acids is 2. The molecular weight excluding hydrogens is 356 g/mol. The van der Waals surface area contributed by atoms with Crippen LogP contribution in [0.4, 0.5) is 4.79 Å². The zero-order chi connectivity index (χ0) is 19.9. The van der Waals surface area contributed by atoms with Crippen LogP contribution in [0.25, 0.3) is 0 Å². The van der Waals surface area contributed by atoms with Gasteiger partial charge in [0.2, 0.25) is 0 Å². The molecule has 2 saturated heterocycles. The van der Waals surface area contributed by atoms with Crippen molar-refractivity contribution in [2.45, 2.75) is 52.1 Å². The van der Waals surface area contributed by atoms with Gasteiger partial charge in [0.25, 0.3) is 0 Å². The monoisotopic (exact) mass is 390 g/mol. The summed E-state index contributed by atoms with van der Waals surface area (Å²) in [5, 5.41) is 0. The standard InChI is InChI=1S/C22H34N2O4/c1-4-27-21(26)24-10-8-23(9-11-24)14-17-16-12-18-15(2)6-5-7-22(18,3)13-19(16)28-20(17)25/h16-19H,2,4-14H2,1,3H3/t16-,17?,18+,19-,22-/m1/s1. The number of nitrogens with zero attached hydrogens (tertiary/aromatic N) is 2. The van der Waals surface area contributed by atoms with Crippen LogP contribution >= 0.6 is 0 Å². The highest BCUT2D eigenvalue weighted by molar-refractivity contribution is 5.75. The lowest BCUT2D eigenvalue weighted by Crippen LogP contribution is -2.51. The van der Waals surface area contributed by atoms with Gasteiger partial charge in [0.05, 0.1) is 12.5 Å².